The van der Waals surface area contributed by atoms with Crippen molar-refractivity contribution in [1.82, 2.24) is 15.0 Å². The van der Waals surface area contributed by atoms with Crippen LogP contribution < -0.4 is 0 Å². The van der Waals surface area contributed by atoms with Gasteiger partial charge in [-0.1, -0.05) is 61.7 Å². The van der Waals surface area contributed by atoms with Gasteiger partial charge in [0.2, 0.25) is 17.6 Å². The maximum atomic E-state index is 12.3. The van der Waals surface area contributed by atoms with Gasteiger partial charge in [0, 0.05) is 31.0 Å². The number of carbonyl (C=O) groups is 1. The summed E-state index contributed by atoms with van der Waals surface area (Å²) in [6.07, 6.45) is 7.07. The fourth-order valence-electron chi connectivity index (χ4n) is 3.34. The highest BCUT2D eigenvalue weighted by Gasteiger charge is 2.27. The highest BCUT2D eigenvalue weighted by molar-refractivity contribution is 5.76. The van der Waals surface area contributed by atoms with E-state index < -0.39 is 0 Å². The molecular weight excluding hydrogens is 314 g/mol. The minimum atomic E-state index is 0.258. The summed E-state index contributed by atoms with van der Waals surface area (Å²) >= 11 is 0. The molecule has 0 spiro atoms. The molecule has 1 amide bonds. The summed E-state index contributed by atoms with van der Waals surface area (Å²) in [4.78, 5) is 18.8. The average Bonchev–Trinajstić information content (AvgIpc) is 3.16. The molecule has 0 bridgehead atoms. The van der Waals surface area contributed by atoms with Gasteiger partial charge in [0.25, 0.3) is 0 Å². The van der Waals surface area contributed by atoms with E-state index in [0.717, 1.165) is 44.3 Å². The molecule has 0 atom stereocenters. The van der Waals surface area contributed by atoms with E-state index in [1.807, 2.05) is 35.2 Å². The lowest BCUT2D eigenvalue weighted by Gasteiger charge is -2.30. The van der Waals surface area contributed by atoms with Crippen LogP contribution in [0.3, 0.4) is 0 Å². The first-order valence-electron chi connectivity index (χ1n) is 9.44. The molecule has 0 unspecified atom stereocenters. The SMILES string of the molecule is CCCCCCC(=O)N1CCC(c2nc(-c3ccccc3)no2)CC1. The molecule has 1 aromatic carbocycles. The minimum Gasteiger partial charge on any atom is -0.343 e. The van der Waals surface area contributed by atoms with E-state index >= 15 is 0 Å². The van der Waals surface area contributed by atoms with E-state index in [1.165, 1.54) is 12.8 Å². The van der Waals surface area contributed by atoms with E-state index in [4.69, 9.17) is 4.52 Å². The molecular formula is C20H27N3O2. The Morgan fingerprint density at radius 3 is 2.64 bits per heavy atom. The lowest BCUT2D eigenvalue weighted by molar-refractivity contribution is -0.132. The van der Waals surface area contributed by atoms with Crippen LogP contribution in [0.2, 0.25) is 0 Å². The highest BCUT2D eigenvalue weighted by Crippen LogP contribution is 2.28. The molecule has 5 nitrogen and oxygen atoms in total. The maximum Gasteiger partial charge on any atom is 0.230 e. The lowest BCUT2D eigenvalue weighted by atomic mass is 9.96. The quantitative estimate of drug-likeness (QED) is 0.700. The Morgan fingerprint density at radius 1 is 1.16 bits per heavy atom. The standard InChI is InChI=1S/C20H27N3O2/c1-2-3-4-8-11-18(24)23-14-12-17(13-15-23)20-21-19(22-25-20)16-9-6-5-7-10-16/h5-7,9-10,17H,2-4,8,11-15H2,1H3. The van der Waals surface area contributed by atoms with E-state index in [-0.39, 0.29) is 5.92 Å². The number of hydrogen-bond donors (Lipinski definition) is 0. The average molecular weight is 341 g/mol. The zero-order valence-electron chi connectivity index (χ0n) is 15.0. The van der Waals surface area contributed by atoms with Gasteiger partial charge < -0.3 is 9.42 Å². The number of rotatable bonds is 7. The van der Waals surface area contributed by atoms with Crippen molar-refractivity contribution in [3.63, 3.8) is 0 Å². The van der Waals surface area contributed by atoms with E-state index in [2.05, 4.69) is 17.1 Å². The topological polar surface area (TPSA) is 59.2 Å². The summed E-state index contributed by atoms with van der Waals surface area (Å²) < 4.78 is 5.48. The second-order valence-electron chi connectivity index (χ2n) is 6.79. The molecule has 0 radical (unpaired) electrons. The third-order valence-corrected chi connectivity index (χ3v) is 4.91. The van der Waals surface area contributed by atoms with Gasteiger partial charge in [0.05, 0.1) is 0 Å². The summed E-state index contributed by atoms with van der Waals surface area (Å²) in [5.41, 5.74) is 0.970. The number of nitrogens with zero attached hydrogens (tertiary/aromatic N) is 3. The van der Waals surface area contributed by atoms with Crippen LogP contribution in [-0.2, 0) is 4.79 Å². The second kappa shape index (κ2) is 8.79. The van der Waals surface area contributed by atoms with Gasteiger partial charge in [0.1, 0.15) is 0 Å². The van der Waals surface area contributed by atoms with Crippen molar-refractivity contribution in [1.29, 1.82) is 0 Å². The van der Waals surface area contributed by atoms with Crippen LogP contribution in [0.1, 0.15) is 63.7 Å². The van der Waals surface area contributed by atoms with Crippen LogP contribution >= 0.6 is 0 Å². The fourth-order valence-corrected chi connectivity index (χ4v) is 3.34. The normalized spacial score (nSPS) is 15.5. The minimum absolute atomic E-state index is 0.258. The Balaban J connectivity index is 1.49. The number of unbranched alkanes of at least 4 members (excludes halogenated alkanes) is 3. The molecule has 25 heavy (non-hydrogen) atoms. The smallest absolute Gasteiger partial charge is 0.230 e. The molecule has 1 aliphatic rings. The monoisotopic (exact) mass is 341 g/mol. The van der Waals surface area contributed by atoms with Crippen LogP contribution in [0.5, 0.6) is 0 Å². The summed E-state index contributed by atoms with van der Waals surface area (Å²) in [6.45, 7) is 3.77. The van der Waals surface area contributed by atoms with Gasteiger partial charge in [-0.25, -0.2) is 0 Å². The number of hydrogen-bond acceptors (Lipinski definition) is 4. The van der Waals surface area contributed by atoms with Gasteiger partial charge in [-0.05, 0) is 19.3 Å². The highest BCUT2D eigenvalue weighted by atomic mass is 16.5. The van der Waals surface area contributed by atoms with E-state index in [0.29, 0.717) is 24.0 Å². The molecule has 3 rings (SSSR count). The van der Waals surface area contributed by atoms with Gasteiger partial charge >= 0.3 is 0 Å². The van der Waals surface area contributed by atoms with Crippen LogP contribution in [0.25, 0.3) is 11.4 Å². The van der Waals surface area contributed by atoms with Crippen LogP contribution in [0, 0.1) is 0 Å². The Bertz CT molecular complexity index is 661. The van der Waals surface area contributed by atoms with Gasteiger partial charge in [-0.2, -0.15) is 4.98 Å². The Kier molecular flexibility index (Phi) is 6.20. The number of aromatic nitrogens is 2. The molecule has 1 fully saturated rings. The van der Waals surface area contributed by atoms with Crippen molar-refractivity contribution < 1.29 is 9.32 Å². The van der Waals surface area contributed by atoms with Crippen molar-refractivity contribution in [2.45, 2.75) is 57.8 Å². The number of piperidine rings is 1. The number of benzene rings is 1. The predicted octanol–water partition coefficient (Wildman–Crippen LogP) is 4.41. The first-order valence-corrected chi connectivity index (χ1v) is 9.44. The molecule has 0 N–H and O–H groups in total. The number of carbonyl (C=O) groups excluding carboxylic acids is 1. The van der Waals surface area contributed by atoms with Crippen molar-refractivity contribution in [2.75, 3.05) is 13.1 Å². The summed E-state index contributed by atoms with van der Waals surface area (Å²) in [7, 11) is 0. The molecule has 0 aliphatic carbocycles. The third-order valence-electron chi connectivity index (χ3n) is 4.91. The summed E-state index contributed by atoms with van der Waals surface area (Å²) in [6, 6.07) is 9.87. The van der Waals surface area contributed by atoms with Gasteiger partial charge in [-0.15, -0.1) is 0 Å². The molecule has 2 heterocycles. The van der Waals surface area contributed by atoms with Crippen molar-refractivity contribution in [2.24, 2.45) is 0 Å². The van der Waals surface area contributed by atoms with Crippen LogP contribution in [0.15, 0.2) is 34.9 Å². The van der Waals surface area contributed by atoms with E-state index in [1.54, 1.807) is 0 Å². The predicted molar refractivity (Wildman–Crippen MR) is 97.0 cm³/mol. The second-order valence-corrected chi connectivity index (χ2v) is 6.79. The Hall–Kier alpha value is -2.17. The van der Waals surface area contributed by atoms with Crippen molar-refractivity contribution >= 4 is 5.91 Å². The molecule has 1 aliphatic heterocycles. The van der Waals surface area contributed by atoms with Crippen LogP contribution in [-0.4, -0.2) is 34.0 Å². The Labute approximate surface area is 149 Å². The fraction of sp³-hybridized carbons (Fsp3) is 0.550. The van der Waals surface area contributed by atoms with E-state index in [9.17, 15) is 4.79 Å². The summed E-state index contributed by atoms with van der Waals surface area (Å²) in [5, 5.41) is 4.11. The largest absolute Gasteiger partial charge is 0.343 e. The molecule has 134 valence electrons. The zero-order chi connectivity index (χ0) is 17.5. The maximum absolute atomic E-state index is 12.3. The first kappa shape index (κ1) is 17.6. The number of amides is 1. The summed E-state index contributed by atoms with van der Waals surface area (Å²) in [5.74, 6) is 1.90. The van der Waals surface area contributed by atoms with Gasteiger partial charge in [-0.3, -0.25) is 4.79 Å². The molecule has 1 aromatic heterocycles. The molecule has 2 aromatic rings. The first-order chi connectivity index (χ1) is 12.3. The molecule has 1 saturated heterocycles. The van der Waals surface area contributed by atoms with Crippen molar-refractivity contribution in [3.05, 3.63) is 36.2 Å². The lowest BCUT2D eigenvalue weighted by Crippen LogP contribution is -2.37. The molecule has 0 saturated carbocycles. The molecule has 5 heteroatoms. The van der Waals surface area contributed by atoms with Gasteiger partial charge in [0.15, 0.2) is 0 Å². The third kappa shape index (κ3) is 4.68. The Morgan fingerprint density at radius 2 is 1.92 bits per heavy atom. The van der Waals surface area contributed by atoms with Crippen molar-refractivity contribution in [3.8, 4) is 11.4 Å². The number of likely N-dealkylation sites (tertiary alicyclic amines) is 1. The zero-order valence-corrected chi connectivity index (χ0v) is 15.0. The van der Waals surface area contributed by atoms with Crippen LogP contribution in [0.4, 0.5) is 0 Å².